The normalized spacial score (nSPS) is 10.4. The summed E-state index contributed by atoms with van der Waals surface area (Å²) in [5.41, 5.74) is 3.19. The van der Waals surface area contributed by atoms with Crippen molar-refractivity contribution in [3.8, 4) is 0 Å². The van der Waals surface area contributed by atoms with Crippen LogP contribution in [0, 0.1) is 0 Å². The van der Waals surface area contributed by atoms with Gasteiger partial charge in [-0.2, -0.15) is 4.57 Å². The highest BCUT2D eigenvalue weighted by atomic mass is 79.9. The molecule has 0 N–H and O–H groups in total. The van der Waals surface area contributed by atoms with Crippen molar-refractivity contribution in [3.63, 3.8) is 0 Å². The molecule has 0 aliphatic carbocycles. The molecule has 0 radical (unpaired) electrons. The number of hydrogen-bond acceptors (Lipinski definition) is 1. The Labute approximate surface area is 160 Å². The molecule has 0 saturated carbocycles. The number of nitrogens with zero attached hydrogens (tertiary/aromatic N) is 1. The average Bonchev–Trinajstić information content (AvgIpc) is 2.63. The van der Waals surface area contributed by atoms with Gasteiger partial charge in [-0.05, 0) is 30.5 Å². The Hall–Kier alpha value is -2.00. The zero-order valence-electron chi connectivity index (χ0n) is 14.6. The van der Waals surface area contributed by atoms with Crippen molar-refractivity contribution in [2.75, 3.05) is 0 Å². The molecule has 2 nitrogen and oxygen atoms in total. The lowest BCUT2D eigenvalue weighted by Gasteiger charge is -2.04. The Morgan fingerprint density at radius 1 is 0.920 bits per heavy atom. The molecule has 0 amide bonds. The molecule has 3 heteroatoms. The standard InChI is InChI=1S/C22H24NO.BrH/c1-2-3-4-8-18-12-14-20(15-13-18)22(24)17-23-16-7-10-19-9-5-6-11-21(19)23;/h5-7,9-16H,2-4,8,17H2,1H3;1H/q+1;/p-1. The monoisotopic (exact) mass is 397 g/mol. The highest BCUT2D eigenvalue weighted by Crippen LogP contribution is 2.11. The van der Waals surface area contributed by atoms with Crippen LogP contribution < -0.4 is 21.5 Å². The number of Topliss-reactive ketones (excluding diaryl/α,β-unsaturated/α-hetero) is 1. The van der Waals surface area contributed by atoms with Crippen LogP contribution in [0.1, 0.15) is 42.1 Å². The topological polar surface area (TPSA) is 20.9 Å². The molecular formula is C22H24BrNO. The highest BCUT2D eigenvalue weighted by Gasteiger charge is 2.14. The zero-order chi connectivity index (χ0) is 16.8. The molecule has 3 rings (SSSR count). The van der Waals surface area contributed by atoms with Gasteiger partial charge in [0.2, 0.25) is 17.8 Å². The van der Waals surface area contributed by atoms with E-state index < -0.39 is 0 Å². The minimum atomic E-state index is 0. The second kappa shape index (κ2) is 9.47. The van der Waals surface area contributed by atoms with Gasteiger partial charge in [0.25, 0.3) is 0 Å². The van der Waals surface area contributed by atoms with E-state index in [0.29, 0.717) is 6.54 Å². The predicted molar refractivity (Wildman–Crippen MR) is 98.1 cm³/mol. The average molecular weight is 398 g/mol. The van der Waals surface area contributed by atoms with Crippen molar-refractivity contribution in [2.45, 2.75) is 39.2 Å². The SMILES string of the molecule is CCCCCc1ccc(C(=O)C[n+]2cccc3ccccc32)cc1.[Br-]. The lowest BCUT2D eigenvalue weighted by atomic mass is 10.0. The molecular weight excluding hydrogens is 374 g/mol. The van der Waals surface area contributed by atoms with E-state index in [1.54, 1.807) is 0 Å². The number of fused-ring (bicyclic) bond motifs is 1. The van der Waals surface area contributed by atoms with E-state index in [1.165, 1.54) is 24.8 Å². The van der Waals surface area contributed by atoms with E-state index in [4.69, 9.17) is 0 Å². The summed E-state index contributed by atoms with van der Waals surface area (Å²) in [6, 6.07) is 20.3. The molecule has 0 fully saturated rings. The lowest BCUT2D eigenvalue weighted by molar-refractivity contribution is -0.657. The van der Waals surface area contributed by atoms with Crippen molar-refractivity contribution in [2.24, 2.45) is 0 Å². The minimum Gasteiger partial charge on any atom is -1.00 e. The van der Waals surface area contributed by atoms with Crippen LogP contribution in [0.5, 0.6) is 0 Å². The van der Waals surface area contributed by atoms with E-state index in [1.807, 2.05) is 41.1 Å². The number of halogens is 1. The van der Waals surface area contributed by atoms with Crippen molar-refractivity contribution >= 4 is 16.7 Å². The van der Waals surface area contributed by atoms with Crippen LogP contribution in [-0.2, 0) is 13.0 Å². The third kappa shape index (κ3) is 4.99. The number of para-hydroxylation sites is 1. The zero-order valence-corrected chi connectivity index (χ0v) is 16.2. The molecule has 0 atom stereocenters. The van der Waals surface area contributed by atoms with Gasteiger partial charge in [0, 0.05) is 23.1 Å². The molecule has 25 heavy (non-hydrogen) atoms. The molecule has 1 heterocycles. The Kier molecular flexibility index (Phi) is 7.32. The first-order valence-corrected chi connectivity index (χ1v) is 8.77. The maximum absolute atomic E-state index is 12.6. The first-order chi connectivity index (χ1) is 11.8. The summed E-state index contributed by atoms with van der Waals surface area (Å²) in [6.45, 7) is 2.59. The molecule has 0 aliphatic rings. The van der Waals surface area contributed by atoms with Crippen LogP contribution in [0.15, 0.2) is 66.9 Å². The fraction of sp³-hybridized carbons (Fsp3) is 0.273. The largest absolute Gasteiger partial charge is 1.00 e. The fourth-order valence-electron chi connectivity index (χ4n) is 3.04. The number of benzene rings is 2. The van der Waals surface area contributed by atoms with Crippen LogP contribution in [-0.4, -0.2) is 5.78 Å². The molecule has 0 bridgehead atoms. The Bertz CT molecular complexity index is 822. The van der Waals surface area contributed by atoms with Crippen LogP contribution in [0.25, 0.3) is 10.9 Å². The van der Waals surface area contributed by atoms with E-state index in [0.717, 1.165) is 22.9 Å². The molecule has 0 aliphatic heterocycles. The van der Waals surface area contributed by atoms with Gasteiger partial charge in [0.1, 0.15) is 0 Å². The smallest absolute Gasteiger partial charge is 0.227 e. The van der Waals surface area contributed by atoms with Crippen LogP contribution in [0.2, 0.25) is 0 Å². The molecule has 0 unspecified atom stereocenters. The van der Waals surface area contributed by atoms with Gasteiger partial charge in [-0.15, -0.1) is 0 Å². The summed E-state index contributed by atoms with van der Waals surface area (Å²) in [5.74, 6) is 0.150. The van der Waals surface area contributed by atoms with Crippen LogP contribution >= 0.6 is 0 Å². The number of unbranched alkanes of at least 4 members (excludes halogenated alkanes) is 2. The Morgan fingerprint density at radius 3 is 2.40 bits per heavy atom. The molecule has 1 aromatic heterocycles. The van der Waals surface area contributed by atoms with Crippen LogP contribution in [0.3, 0.4) is 0 Å². The van der Waals surface area contributed by atoms with Gasteiger partial charge < -0.3 is 17.0 Å². The van der Waals surface area contributed by atoms with Crippen LogP contribution in [0.4, 0.5) is 0 Å². The summed E-state index contributed by atoms with van der Waals surface area (Å²) in [7, 11) is 0. The minimum absolute atomic E-state index is 0. The third-order valence-electron chi connectivity index (χ3n) is 4.45. The van der Waals surface area contributed by atoms with Crippen molar-refractivity contribution in [1.82, 2.24) is 0 Å². The van der Waals surface area contributed by atoms with Crippen molar-refractivity contribution < 1.29 is 26.3 Å². The lowest BCUT2D eigenvalue weighted by Crippen LogP contribution is -3.00. The highest BCUT2D eigenvalue weighted by molar-refractivity contribution is 5.95. The second-order valence-electron chi connectivity index (χ2n) is 6.27. The number of carbonyl (C=O) groups is 1. The molecule has 0 spiro atoms. The number of aromatic nitrogens is 1. The number of aryl methyl sites for hydroxylation is 1. The number of rotatable bonds is 7. The summed E-state index contributed by atoms with van der Waals surface area (Å²) in [4.78, 5) is 12.6. The summed E-state index contributed by atoms with van der Waals surface area (Å²) < 4.78 is 2.02. The van der Waals surface area contributed by atoms with Gasteiger partial charge in [-0.1, -0.05) is 56.2 Å². The van der Waals surface area contributed by atoms with Crippen molar-refractivity contribution in [3.05, 3.63) is 78.0 Å². The Morgan fingerprint density at radius 2 is 1.64 bits per heavy atom. The van der Waals surface area contributed by atoms with Gasteiger partial charge >= 0.3 is 0 Å². The molecule has 0 saturated heterocycles. The van der Waals surface area contributed by atoms with E-state index in [2.05, 4.69) is 37.3 Å². The molecule has 2 aromatic carbocycles. The summed E-state index contributed by atoms with van der Waals surface area (Å²) >= 11 is 0. The van der Waals surface area contributed by atoms with E-state index in [-0.39, 0.29) is 22.8 Å². The Balaban J connectivity index is 0.00000225. The van der Waals surface area contributed by atoms with Gasteiger partial charge in [0.05, 0.1) is 0 Å². The van der Waals surface area contributed by atoms with Gasteiger partial charge in [0.15, 0.2) is 6.20 Å². The molecule has 130 valence electrons. The number of hydrogen-bond donors (Lipinski definition) is 0. The number of carbonyl (C=O) groups excluding carboxylic acids is 1. The fourth-order valence-corrected chi connectivity index (χ4v) is 3.04. The maximum Gasteiger partial charge on any atom is 0.227 e. The van der Waals surface area contributed by atoms with E-state index >= 15 is 0 Å². The first-order valence-electron chi connectivity index (χ1n) is 8.77. The van der Waals surface area contributed by atoms with Crippen molar-refractivity contribution in [1.29, 1.82) is 0 Å². The molecule has 3 aromatic rings. The van der Waals surface area contributed by atoms with E-state index in [9.17, 15) is 4.79 Å². The predicted octanol–water partition coefficient (Wildman–Crippen LogP) is 1.75. The second-order valence-corrected chi connectivity index (χ2v) is 6.27. The van der Waals surface area contributed by atoms with Gasteiger partial charge in [-0.3, -0.25) is 4.79 Å². The number of pyridine rings is 1. The maximum atomic E-state index is 12.6. The first kappa shape index (κ1) is 19.3. The summed E-state index contributed by atoms with van der Waals surface area (Å²) in [5, 5.41) is 1.15. The summed E-state index contributed by atoms with van der Waals surface area (Å²) in [6.07, 6.45) is 6.78. The third-order valence-corrected chi connectivity index (χ3v) is 4.45. The number of ketones is 1. The quantitative estimate of drug-likeness (QED) is 0.338. The van der Waals surface area contributed by atoms with Gasteiger partial charge in [-0.25, -0.2) is 0 Å².